The number of hydrogen-bond acceptors (Lipinski definition) is 4. The average molecular weight is 432 g/mol. The number of amidine groups is 1. The van der Waals surface area contributed by atoms with Gasteiger partial charge in [0.1, 0.15) is 11.4 Å². The Kier molecular flexibility index (Phi) is 5.06. The van der Waals surface area contributed by atoms with Gasteiger partial charge in [0.25, 0.3) is 15.9 Å². The number of likely N-dealkylation sites (tertiary alicyclic amines) is 1. The summed E-state index contributed by atoms with van der Waals surface area (Å²) < 4.78 is 34.8. The Morgan fingerprint density at radius 3 is 2.79 bits per heavy atom. The van der Waals surface area contributed by atoms with Crippen molar-refractivity contribution < 1.29 is 17.6 Å². The maximum absolute atomic E-state index is 12.6. The molecule has 1 aromatic heterocycles. The number of benzene rings is 2. The zero-order valence-corrected chi connectivity index (χ0v) is 17.1. The molecule has 29 heavy (non-hydrogen) atoms. The predicted molar refractivity (Wildman–Crippen MR) is 112 cm³/mol. The van der Waals surface area contributed by atoms with Crippen molar-refractivity contribution in [2.24, 2.45) is 4.40 Å². The van der Waals surface area contributed by atoms with Crippen LogP contribution in [0.15, 0.2) is 62.2 Å². The van der Waals surface area contributed by atoms with Crippen molar-refractivity contribution in [2.75, 3.05) is 18.9 Å². The highest BCUT2D eigenvalue weighted by molar-refractivity contribution is 7.90. The summed E-state index contributed by atoms with van der Waals surface area (Å²) in [5.74, 6) is 0.150. The smallest absolute Gasteiger partial charge is 0.291 e. The third-order valence-corrected chi connectivity index (χ3v) is 6.19. The van der Waals surface area contributed by atoms with Crippen LogP contribution in [0.25, 0.3) is 11.0 Å². The van der Waals surface area contributed by atoms with Gasteiger partial charge in [-0.05, 0) is 48.9 Å². The van der Waals surface area contributed by atoms with Crippen molar-refractivity contribution >= 4 is 50.0 Å². The van der Waals surface area contributed by atoms with Crippen LogP contribution in [0, 0.1) is 0 Å². The summed E-state index contributed by atoms with van der Waals surface area (Å²) in [5, 5.41) is 3.90. The van der Waals surface area contributed by atoms with Gasteiger partial charge >= 0.3 is 0 Å². The van der Waals surface area contributed by atoms with Crippen molar-refractivity contribution in [3.63, 3.8) is 0 Å². The van der Waals surface area contributed by atoms with Crippen LogP contribution in [0.3, 0.4) is 0 Å². The van der Waals surface area contributed by atoms with Gasteiger partial charge in [-0.1, -0.05) is 17.7 Å². The molecule has 0 saturated carbocycles. The quantitative estimate of drug-likeness (QED) is 0.669. The van der Waals surface area contributed by atoms with Crippen LogP contribution in [-0.4, -0.2) is 38.7 Å². The average Bonchev–Trinajstić information content (AvgIpc) is 3.27. The molecule has 1 fully saturated rings. The molecule has 2 heterocycles. The SMILES string of the molecule is CN1CCCC1=NS(=O)(=O)c1cccc(NC(=O)c2cc3cc(Cl)ccc3o2)c1. The Labute approximate surface area is 173 Å². The Bertz CT molecular complexity index is 1230. The molecule has 4 rings (SSSR count). The number of anilines is 1. The van der Waals surface area contributed by atoms with Gasteiger partial charge in [-0.25, -0.2) is 0 Å². The van der Waals surface area contributed by atoms with Crippen molar-refractivity contribution in [1.82, 2.24) is 4.90 Å². The molecule has 0 aliphatic carbocycles. The number of fused-ring (bicyclic) bond motifs is 1. The van der Waals surface area contributed by atoms with Gasteiger partial charge in [0.2, 0.25) is 0 Å². The summed E-state index contributed by atoms with van der Waals surface area (Å²) in [6, 6.07) is 12.6. The van der Waals surface area contributed by atoms with Crippen LogP contribution in [0.4, 0.5) is 5.69 Å². The van der Waals surface area contributed by atoms with E-state index in [9.17, 15) is 13.2 Å². The van der Waals surface area contributed by atoms with Gasteiger partial charge in [-0.15, -0.1) is 4.40 Å². The molecular weight excluding hydrogens is 414 g/mol. The van der Waals surface area contributed by atoms with E-state index < -0.39 is 15.9 Å². The molecule has 1 aliphatic heterocycles. The first-order chi connectivity index (χ1) is 13.8. The number of amides is 1. The van der Waals surface area contributed by atoms with Crippen molar-refractivity contribution in [3.05, 3.63) is 59.3 Å². The van der Waals surface area contributed by atoms with Crippen LogP contribution in [0.5, 0.6) is 0 Å². The number of hydrogen-bond donors (Lipinski definition) is 1. The van der Waals surface area contributed by atoms with E-state index in [0.29, 0.717) is 33.9 Å². The molecule has 150 valence electrons. The minimum absolute atomic E-state index is 0.0134. The fourth-order valence-corrected chi connectivity index (χ4v) is 4.47. The van der Waals surface area contributed by atoms with E-state index in [2.05, 4.69) is 9.71 Å². The fraction of sp³-hybridized carbons (Fsp3) is 0.200. The topological polar surface area (TPSA) is 92.0 Å². The van der Waals surface area contributed by atoms with Crippen LogP contribution in [0.2, 0.25) is 5.02 Å². The lowest BCUT2D eigenvalue weighted by atomic mass is 10.2. The molecule has 7 nitrogen and oxygen atoms in total. The van der Waals surface area contributed by atoms with E-state index in [1.54, 1.807) is 36.4 Å². The second-order valence-corrected chi connectivity index (χ2v) is 8.82. The van der Waals surface area contributed by atoms with Crippen molar-refractivity contribution in [3.8, 4) is 0 Å². The summed E-state index contributed by atoms with van der Waals surface area (Å²) in [6.45, 7) is 0.785. The highest BCUT2D eigenvalue weighted by Crippen LogP contribution is 2.25. The summed E-state index contributed by atoms with van der Waals surface area (Å²) in [7, 11) is -2.05. The Balaban J connectivity index is 1.57. The summed E-state index contributed by atoms with van der Waals surface area (Å²) in [6.07, 6.45) is 1.51. The number of nitrogens with one attached hydrogen (secondary N) is 1. The fourth-order valence-electron chi connectivity index (χ4n) is 3.15. The molecule has 1 N–H and O–H groups in total. The molecule has 9 heteroatoms. The van der Waals surface area contributed by atoms with Gasteiger partial charge in [-0.2, -0.15) is 8.42 Å². The van der Waals surface area contributed by atoms with Crippen LogP contribution in [-0.2, 0) is 10.0 Å². The third-order valence-electron chi connectivity index (χ3n) is 4.65. The predicted octanol–water partition coefficient (Wildman–Crippen LogP) is 4.15. The number of sulfonamides is 1. The Hall–Kier alpha value is -2.84. The lowest BCUT2D eigenvalue weighted by molar-refractivity contribution is 0.0998. The van der Waals surface area contributed by atoms with Crippen LogP contribution < -0.4 is 5.32 Å². The maximum atomic E-state index is 12.6. The van der Waals surface area contributed by atoms with Crippen molar-refractivity contribution in [2.45, 2.75) is 17.7 Å². The van der Waals surface area contributed by atoms with E-state index >= 15 is 0 Å². The first kappa shape index (κ1) is 19.5. The lowest BCUT2D eigenvalue weighted by Gasteiger charge is -2.11. The molecule has 0 unspecified atom stereocenters. The molecule has 3 aromatic rings. The monoisotopic (exact) mass is 431 g/mol. The van der Waals surface area contributed by atoms with E-state index in [1.165, 1.54) is 12.1 Å². The molecule has 1 saturated heterocycles. The van der Waals surface area contributed by atoms with E-state index in [4.69, 9.17) is 16.0 Å². The van der Waals surface area contributed by atoms with Gasteiger partial charge in [0.15, 0.2) is 5.76 Å². The van der Waals surface area contributed by atoms with Crippen LogP contribution in [0.1, 0.15) is 23.4 Å². The standard InChI is InChI=1S/C20H18ClN3O4S/c1-24-9-3-6-19(24)23-29(26,27)16-5-2-4-15(12-16)22-20(25)18-11-13-10-14(21)7-8-17(13)28-18/h2,4-5,7-8,10-12H,3,6,9H2,1H3,(H,22,25). The van der Waals surface area contributed by atoms with Crippen molar-refractivity contribution in [1.29, 1.82) is 0 Å². The minimum atomic E-state index is -3.87. The van der Waals surface area contributed by atoms with E-state index in [1.807, 2.05) is 11.9 Å². The molecule has 1 aliphatic rings. The van der Waals surface area contributed by atoms with Gasteiger partial charge in [-0.3, -0.25) is 4.79 Å². The number of rotatable bonds is 4. The molecule has 0 atom stereocenters. The highest BCUT2D eigenvalue weighted by Gasteiger charge is 2.21. The van der Waals surface area contributed by atoms with Gasteiger partial charge < -0.3 is 14.6 Å². The second kappa shape index (κ2) is 7.53. The van der Waals surface area contributed by atoms with E-state index in [-0.39, 0.29) is 10.7 Å². The van der Waals surface area contributed by atoms with Crippen LogP contribution >= 0.6 is 11.6 Å². The normalized spacial score (nSPS) is 15.9. The molecule has 0 bridgehead atoms. The molecule has 2 aromatic carbocycles. The Morgan fingerprint density at radius 2 is 2.03 bits per heavy atom. The molecule has 0 radical (unpaired) electrons. The zero-order valence-electron chi connectivity index (χ0n) is 15.6. The summed E-state index contributed by atoms with van der Waals surface area (Å²) in [4.78, 5) is 14.4. The number of carbonyl (C=O) groups is 1. The molecule has 1 amide bonds. The number of halogens is 1. The summed E-state index contributed by atoms with van der Waals surface area (Å²) >= 11 is 5.95. The largest absolute Gasteiger partial charge is 0.451 e. The highest BCUT2D eigenvalue weighted by atomic mass is 35.5. The first-order valence-corrected chi connectivity index (χ1v) is 10.8. The Morgan fingerprint density at radius 1 is 1.21 bits per heavy atom. The maximum Gasteiger partial charge on any atom is 0.291 e. The number of nitrogens with zero attached hydrogens (tertiary/aromatic N) is 2. The lowest BCUT2D eigenvalue weighted by Crippen LogP contribution is -2.20. The molecular formula is C20H18ClN3O4S. The first-order valence-electron chi connectivity index (χ1n) is 8.97. The third kappa shape index (κ3) is 4.13. The van der Waals surface area contributed by atoms with Gasteiger partial charge in [0.05, 0.1) is 4.90 Å². The second-order valence-electron chi connectivity index (χ2n) is 6.78. The minimum Gasteiger partial charge on any atom is -0.451 e. The number of carbonyl (C=O) groups excluding carboxylic acids is 1. The summed E-state index contributed by atoms with van der Waals surface area (Å²) in [5.41, 5.74) is 0.863. The number of furan rings is 1. The van der Waals surface area contributed by atoms with Gasteiger partial charge in [0, 0.05) is 36.1 Å². The molecule has 0 spiro atoms. The van der Waals surface area contributed by atoms with E-state index in [0.717, 1.165) is 13.0 Å². The zero-order chi connectivity index (χ0) is 20.6.